The zero-order valence-corrected chi connectivity index (χ0v) is 48.9. The van der Waals surface area contributed by atoms with E-state index >= 15 is 0 Å². The summed E-state index contributed by atoms with van der Waals surface area (Å²) >= 11 is 0. The van der Waals surface area contributed by atoms with E-state index in [0.29, 0.717) is 11.8 Å². The van der Waals surface area contributed by atoms with Crippen molar-refractivity contribution in [2.75, 3.05) is 0 Å². The first-order valence-electron chi connectivity index (χ1n) is 31.1. The molecule has 0 amide bonds. The number of unbranched alkanes of at least 4 members (excludes halogenated alkanes) is 34. The van der Waals surface area contributed by atoms with Crippen molar-refractivity contribution < 1.29 is 0 Å². The maximum absolute atomic E-state index is 3.02. The van der Waals surface area contributed by atoms with E-state index in [4.69, 9.17) is 0 Å². The van der Waals surface area contributed by atoms with Crippen molar-refractivity contribution in [3.8, 4) is 0 Å². The molecule has 1 aromatic rings. The molecule has 1 nitrogen and oxygen atoms in total. The Hall–Kier alpha value is -1.12. The van der Waals surface area contributed by atoms with Crippen molar-refractivity contribution in [1.82, 2.24) is 4.57 Å². The number of benzene rings is 1. The molecule has 4 rings (SSSR count). The first-order valence-corrected chi connectivity index (χ1v) is 34.2. The number of rotatable bonds is 40. The Morgan fingerprint density at radius 1 is 0.456 bits per heavy atom. The molecular weight excluding hydrogens is 835 g/mol. The monoisotopic (exact) mass is 954 g/mol. The molecule has 1 saturated carbocycles. The summed E-state index contributed by atoms with van der Waals surface area (Å²) in [7, 11) is -1.81. The van der Waals surface area contributed by atoms with Crippen LogP contribution in [0, 0.1) is 11.8 Å². The average Bonchev–Trinajstić information content (AvgIpc) is 3.83. The van der Waals surface area contributed by atoms with E-state index in [9.17, 15) is 0 Å². The van der Waals surface area contributed by atoms with E-state index in [-0.39, 0.29) is 16.5 Å². The van der Waals surface area contributed by atoms with Gasteiger partial charge in [-0.05, 0) is 100 Å². The van der Waals surface area contributed by atoms with Gasteiger partial charge in [-0.1, -0.05) is 301 Å². The van der Waals surface area contributed by atoms with Gasteiger partial charge < -0.3 is 4.57 Å². The lowest BCUT2D eigenvalue weighted by molar-refractivity contribution is 0.122. The van der Waals surface area contributed by atoms with Gasteiger partial charge in [0, 0.05) is 16.5 Å². The zero-order chi connectivity index (χ0) is 49.1. The Balaban J connectivity index is 1.29. The summed E-state index contributed by atoms with van der Waals surface area (Å²) in [5, 5.41) is 0. The van der Waals surface area contributed by atoms with Crippen LogP contribution in [0.15, 0.2) is 42.0 Å². The van der Waals surface area contributed by atoms with Gasteiger partial charge in [-0.25, -0.2) is 0 Å². The first-order chi connectivity index (χ1) is 32.8. The Morgan fingerprint density at radius 3 is 1.15 bits per heavy atom. The van der Waals surface area contributed by atoms with Gasteiger partial charge in [0.2, 0.25) is 0 Å². The molecule has 0 saturated heterocycles. The maximum atomic E-state index is 3.02. The predicted molar refractivity (Wildman–Crippen MR) is 310 cm³/mol. The van der Waals surface area contributed by atoms with E-state index < -0.39 is 8.24 Å². The Morgan fingerprint density at radius 2 is 0.794 bits per heavy atom. The molecule has 3 aliphatic carbocycles. The van der Waals surface area contributed by atoms with Gasteiger partial charge >= 0.3 is 0 Å². The van der Waals surface area contributed by atoms with Gasteiger partial charge in [0.05, 0.1) is 0 Å². The van der Waals surface area contributed by atoms with Crippen molar-refractivity contribution >= 4 is 13.8 Å². The van der Waals surface area contributed by atoms with Crippen molar-refractivity contribution in [3.05, 3.63) is 53.1 Å². The second-order valence-corrected chi connectivity index (χ2v) is 30.6. The summed E-state index contributed by atoms with van der Waals surface area (Å²) in [6.07, 6.45) is 63.5. The number of hydrogen-bond donors (Lipinski definition) is 0. The first kappa shape index (κ1) is 59.4. The molecule has 2 heteroatoms. The minimum Gasteiger partial charge on any atom is -0.314 e. The standard InChI is InChI=1S/C66H119NSi/c1-11-13-15-17-19-21-23-25-27-29-31-33-35-37-39-41-43-47-53-66(54-48-44-42-40-38-36-34-32-30-28-26-24-22-20-18-16-14-12-2)61-50-46-45-49-58(61)60-56-59-57(55-62(60)66)51-52-63(59)68(9,10)67(64(3,4)5)65(6,7)8/h45-46,49-50,55-57,59,63H,11-44,47-48,51-54H2,1-10H3. The molecule has 1 aromatic carbocycles. The number of nitrogens with zero attached hydrogens (tertiary/aromatic N) is 1. The van der Waals surface area contributed by atoms with E-state index in [1.54, 1.807) is 22.3 Å². The van der Waals surface area contributed by atoms with Crippen LogP contribution in [-0.2, 0) is 5.41 Å². The third kappa shape index (κ3) is 19.4. The largest absolute Gasteiger partial charge is 0.314 e. The molecule has 3 aliphatic rings. The Kier molecular flexibility index (Phi) is 28.1. The highest BCUT2D eigenvalue weighted by atomic mass is 28.3. The molecular formula is C66H119NSi. The minimum absolute atomic E-state index is 0.169. The molecule has 0 spiro atoms. The smallest absolute Gasteiger partial charge is 0.126 e. The topological polar surface area (TPSA) is 3.24 Å². The Bertz CT molecular complexity index is 1460. The summed E-state index contributed by atoms with van der Waals surface area (Å²) < 4.78 is 3.02. The van der Waals surface area contributed by atoms with Gasteiger partial charge in [0.25, 0.3) is 0 Å². The van der Waals surface area contributed by atoms with Crippen LogP contribution in [0.3, 0.4) is 0 Å². The van der Waals surface area contributed by atoms with Crippen LogP contribution in [0.2, 0.25) is 18.6 Å². The minimum atomic E-state index is -1.81. The van der Waals surface area contributed by atoms with Crippen LogP contribution in [0.25, 0.3) is 5.57 Å². The van der Waals surface area contributed by atoms with Gasteiger partial charge in [-0.2, -0.15) is 0 Å². The second kappa shape index (κ2) is 32.1. The number of allylic oxidation sites excluding steroid dienone is 4. The molecule has 3 unspecified atom stereocenters. The highest BCUT2D eigenvalue weighted by Gasteiger charge is 2.55. The van der Waals surface area contributed by atoms with Gasteiger partial charge in [-0.3, -0.25) is 0 Å². The van der Waals surface area contributed by atoms with Crippen LogP contribution < -0.4 is 0 Å². The van der Waals surface area contributed by atoms with Crippen LogP contribution in [0.4, 0.5) is 0 Å². The van der Waals surface area contributed by atoms with Gasteiger partial charge in [0.15, 0.2) is 0 Å². The molecule has 0 radical (unpaired) electrons. The summed E-state index contributed by atoms with van der Waals surface area (Å²) in [6, 6.07) is 9.87. The van der Waals surface area contributed by atoms with E-state index in [1.165, 1.54) is 257 Å². The predicted octanol–water partition coefficient (Wildman–Crippen LogP) is 22.6. The number of hydrogen-bond acceptors (Lipinski definition) is 1. The zero-order valence-electron chi connectivity index (χ0n) is 47.9. The molecule has 0 N–H and O–H groups in total. The normalized spacial score (nSPS) is 19.1. The number of fused-ring (bicyclic) bond motifs is 4. The lowest BCUT2D eigenvalue weighted by Crippen LogP contribution is -2.67. The van der Waals surface area contributed by atoms with Crippen LogP contribution in [-0.4, -0.2) is 23.9 Å². The molecule has 0 aliphatic heterocycles. The summed E-state index contributed by atoms with van der Waals surface area (Å²) in [4.78, 5) is 0. The van der Waals surface area contributed by atoms with Crippen molar-refractivity contribution in [1.29, 1.82) is 0 Å². The second-order valence-electron chi connectivity index (χ2n) is 26.1. The third-order valence-electron chi connectivity index (χ3n) is 17.8. The lowest BCUT2D eigenvalue weighted by atomic mass is 9.68. The fraction of sp³-hybridized carbons (Fsp3) is 0.848. The molecule has 392 valence electrons. The van der Waals surface area contributed by atoms with Crippen LogP contribution in [0.1, 0.15) is 323 Å². The van der Waals surface area contributed by atoms with E-state index in [1.807, 2.05) is 0 Å². The summed E-state index contributed by atoms with van der Waals surface area (Å²) in [5.74, 6) is 1.39. The molecule has 1 fully saturated rings. The summed E-state index contributed by atoms with van der Waals surface area (Å²) in [5.41, 5.74) is 8.11. The molecule has 68 heavy (non-hydrogen) atoms. The van der Waals surface area contributed by atoms with Gasteiger partial charge in [-0.15, -0.1) is 0 Å². The molecule has 0 bridgehead atoms. The van der Waals surface area contributed by atoms with Crippen LogP contribution >= 0.6 is 0 Å². The summed E-state index contributed by atoms with van der Waals surface area (Å²) in [6.45, 7) is 25.0. The fourth-order valence-electron chi connectivity index (χ4n) is 15.1. The molecule has 0 aromatic heterocycles. The van der Waals surface area contributed by atoms with Crippen molar-refractivity contribution in [2.45, 2.75) is 347 Å². The highest BCUT2D eigenvalue weighted by molar-refractivity contribution is 6.76. The third-order valence-corrected chi connectivity index (χ3v) is 22.8. The Labute approximate surface area is 428 Å². The fourth-order valence-corrected chi connectivity index (χ4v) is 21.0. The van der Waals surface area contributed by atoms with E-state index in [0.717, 1.165) is 5.54 Å². The molecule has 3 atom stereocenters. The highest BCUT2D eigenvalue weighted by Crippen LogP contribution is 2.62. The van der Waals surface area contributed by atoms with Crippen molar-refractivity contribution in [3.63, 3.8) is 0 Å². The van der Waals surface area contributed by atoms with Crippen LogP contribution in [0.5, 0.6) is 0 Å². The lowest BCUT2D eigenvalue weighted by Gasteiger charge is -2.57. The average molecular weight is 955 g/mol. The maximum Gasteiger partial charge on any atom is 0.126 e. The quantitative estimate of drug-likeness (QED) is 0.0468. The SMILES string of the molecule is CCCCCCCCCCCCCCCCCCCCC1(CCCCCCCCCCCCCCCCCCCC)C2=CC3CCC([Si](C)(C)N(C(C)(C)C)C(C)(C)C)C3C=C2c2ccccc21. The van der Waals surface area contributed by atoms with E-state index in [2.05, 4.69) is 109 Å². The van der Waals surface area contributed by atoms with Gasteiger partial charge in [0.1, 0.15) is 8.24 Å². The van der Waals surface area contributed by atoms with Crippen molar-refractivity contribution in [2.24, 2.45) is 11.8 Å². The molecule has 0 heterocycles.